The second-order valence-electron chi connectivity index (χ2n) is 7.87. The lowest BCUT2D eigenvalue weighted by atomic mass is 9.92. The largest absolute Gasteiger partial charge is 0.503 e. The van der Waals surface area contributed by atoms with Crippen LogP contribution in [0.2, 0.25) is 0 Å². The maximum Gasteiger partial charge on any atom is 0.294 e. The molecule has 2 N–H and O–H groups in total. The van der Waals surface area contributed by atoms with Crippen molar-refractivity contribution in [2.75, 3.05) is 17.3 Å². The minimum atomic E-state index is -0.818. The van der Waals surface area contributed by atoms with E-state index in [1.165, 1.54) is 18.9 Å². The van der Waals surface area contributed by atoms with Crippen LogP contribution in [0, 0.1) is 5.92 Å². The number of methoxy groups -OCH3 is 1. The summed E-state index contributed by atoms with van der Waals surface area (Å²) in [5.41, 5.74) is 1.65. The minimum absolute atomic E-state index is 0.0611. The van der Waals surface area contributed by atoms with Crippen LogP contribution in [0.15, 0.2) is 59.9 Å². The van der Waals surface area contributed by atoms with Gasteiger partial charge < -0.3 is 15.2 Å². The Morgan fingerprint density at radius 1 is 1.16 bits per heavy atom. The van der Waals surface area contributed by atoms with Crippen molar-refractivity contribution in [3.8, 4) is 5.75 Å². The van der Waals surface area contributed by atoms with Gasteiger partial charge >= 0.3 is 0 Å². The molecule has 0 saturated carbocycles. The number of aliphatic hydroxyl groups excluding tert-OH is 1. The van der Waals surface area contributed by atoms with E-state index in [1.807, 2.05) is 13.8 Å². The number of carbonyl (C=O) groups is 3. The van der Waals surface area contributed by atoms with Gasteiger partial charge in [0.1, 0.15) is 5.75 Å². The third-order valence-corrected chi connectivity index (χ3v) is 4.96. The number of hydrogen-bond donors (Lipinski definition) is 2. The van der Waals surface area contributed by atoms with Crippen molar-refractivity contribution in [3.05, 3.63) is 65.4 Å². The van der Waals surface area contributed by atoms with Crippen LogP contribution in [0.5, 0.6) is 5.75 Å². The standard InChI is InChI=1S/C24H26N2O5/c1-14(2)11-20(28)21-22(16-7-5-10-19(12-16)31-4)26(24(30)23(21)29)18-9-6-8-17(13-18)25-15(3)27/h5-10,12-14,22,29H,11H2,1-4H3,(H,25,27). The summed E-state index contributed by atoms with van der Waals surface area (Å²) in [6.07, 6.45) is 0.201. The number of anilines is 2. The number of benzene rings is 2. The first-order valence-electron chi connectivity index (χ1n) is 10.0. The van der Waals surface area contributed by atoms with E-state index in [2.05, 4.69) is 5.32 Å². The number of Topliss-reactive ketones (excluding diaryl/α,β-unsaturated/α-hetero) is 1. The monoisotopic (exact) mass is 422 g/mol. The molecule has 2 amide bonds. The highest BCUT2D eigenvalue weighted by atomic mass is 16.5. The van der Waals surface area contributed by atoms with Gasteiger partial charge in [-0.15, -0.1) is 0 Å². The summed E-state index contributed by atoms with van der Waals surface area (Å²) in [5, 5.41) is 13.4. The highest BCUT2D eigenvalue weighted by Crippen LogP contribution is 2.42. The van der Waals surface area contributed by atoms with Crippen LogP contribution < -0.4 is 15.0 Å². The Balaban J connectivity index is 2.15. The van der Waals surface area contributed by atoms with Gasteiger partial charge in [-0.1, -0.05) is 32.0 Å². The van der Waals surface area contributed by atoms with Gasteiger partial charge in [0.2, 0.25) is 5.91 Å². The summed E-state index contributed by atoms with van der Waals surface area (Å²) in [5.74, 6) is -1.12. The van der Waals surface area contributed by atoms with Crippen LogP contribution >= 0.6 is 0 Å². The highest BCUT2D eigenvalue weighted by Gasteiger charge is 2.44. The second kappa shape index (κ2) is 9.04. The van der Waals surface area contributed by atoms with Crippen LogP contribution in [-0.2, 0) is 14.4 Å². The van der Waals surface area contributed by atoms with Gasteiger partial charge in [0.05, 0.1) is 18.7 Å². The van der Waals surface area contributed by atoms with Crippen molar-refractivity contribution in [2.45, 2.75) is 33.2 Å². The van der Waals surface area contributed by atoms with Crippen LogP contribution in [0.1, 0.15) is 38.8 Å². The highest BCUT2D eigenvalue weighted by molar-refractivity contribution is 6.16. The molecule has 3 rings (SSSR count). The lowest BCUT2D eigenvalue weighted by Gasteiger charge is -2.27. The van der Waals surface area contributed by atoms with E-state index in [0.29, 0.717) is 22.7 Å². The van der Waals surface area contributed by atoms with Crippen molar-refractivity contribution in [3.63, 3.8) is 0 Å². The Bertz CT molecular complexity index is 1060. The Morgan fingerprint density at radius 2 is 1.87 bits per heavy atom. The lowest BCUT2D eigenvalue weighted by molar-refractivity contribution is -0.118. The van der Waals surface area contributed by atoms with Crippen LogP contribution in [0.4, 0.5) is 11.4 Å². The maximum atomic E-state index is 13.1. The van der Waals surface area contributed by atoms with Crippen molar-refractivity contribution in [1.29, 1.82) is 0 Å². The summed E-state index contributed by atoms with van der Waals surface area (Å²) >= 11 is 0. The summed E-state index contributed by atoms with van der Waals surface area (Å²) in [6.45, 7) is 5.20. The number of amides is 2. The van der Waals surface area contributed by atoms with E-state index >= 15 is 0 Å². The van der Waals surface area contributed by atoms with E-state index in [-0.39, 0.29) is 29.6 Å². The van der Waals surface area contributed by atoms with Crippen molar-refractivity contribution in [2.24, 2.45) is 5.92 Å². The third kappa shape index (κ3) is 4.60. The van der Waals surface area contributed by atoms with Crippen LogP contribution in [-0.4, -0.2) is 29.8 Å². The number of carbonyl (C=O) groups excluding carboxylic acids is 3. The first-order chi connectivity index (χ1) is 14.7. The Labute approximate surface area is 181 Å². The van der Waals surface area contributed by atoms with E-state index in [0.717, 1.165) is 0 Å². The Kier molecular flexibility index (Phi) is 6.44. The molecule has 2 aromatic carbocycles. The number of nitrogens with one attached hydrogen (secondary N) is 1. The topological polar surface area (TPSA) is 95.9 Å². The fourth-order valence-corrected chi connectivity index (χ4v) is 3.70. The molecule has 1 aliphatic rings. The lowest BCUT2D eigenvalue weighted by Crippen LogP contribution is -2.31. The van der Waals surface area contributed by atoms with Crippen molar-refractivity contribution in [1.82, 2.24) is 0 Å². The SMILES string of the molecule is COc1cccc(C2C(C(=O)CC(C)C)=C(O)C(=O)N2c2cccc(NC(C)=O)c2)c1. The summed E-state index contributed by atoms with van der Waals surface area (Å²) in [6, 6.07) is 13.0. The molecule has 1 atom stereocenters. The van der Waals surface area contributed by atoms with E-state index in [4.69, 9.17) is 4.74 Å². The smallest absolute Gasteiger partial charge is 0.294 e. The maximum absolute atomic E-state index is 13.1. The summed E-state index contributed by atoms with van der Waals surface area (Å²) in [4.78, 5) is 39.0. The van der Waals surface area contributed by atoms with Gasteiger partial charge in [-0.2, -0.15) is 0 Å². The number of rotatable bonds is 7. The van der Waals surface area contributed by atoms with E-state index in [1.54, 1.807) is 48.5 Å². The molecule has 0 aliphatic carbocycles. The first-order valence-corrected chi connectivity index (χ1v) is 10.0. The summed E-state index contributed by atoms with van der Waals surface area (Å²) in [7, 11) is 1.53. The molecule has 0 saturated heterocycles. The third-order valence-electron chi connectivity index (χ3n) is 4.96. The van der Waals surface area contributed by atoms with Gasteiger partial charge in [0.25, 0.3) is 5.91 Å². The Morgan fingerprint density at radius 3 is 2.52 bits per heavy atom. The molecule has 1 heterocycles. The first kappa shape index (κ1) is 22.1. The molecule has 162 valence electrons. The van der Waals surface area contributed by atoms with Crippen LogP contribution in [0.3, 0.4) is 0 Å². The Hall–Kier alpha value is -3.61. The normalized spacial score (nSPS) is 16.1. The summed E-state index contributed by atoms with van der Waals surface area (Å²) < 4.78 is 5.32. The fourth-order valence-electron chi connectivity index (χ4n) is 3.70. The van der Waals surface area contributed by atoms with E-state index in [9.17, 15) is 19.5 Å². The average molecular weight is 422 g/mol. The van der Waals surface area contributed by atoms with Crippen molar-refractivity contribution < 1.29 is 24.2 Å². The number of ether oxygens (including phenoxy) is 1. The molecule has 0 radical (unpaired) electrons. The average Bonchev–Trinajstić information content (AvgIpc) is 2.98. The molecule has 0 aromatic heterocycles. The second-order valence-corrected chi connectivity index (χ2v) is 7.87. The molecule has 7 nitrogen and oxygen atoms in total. The molecular weight excluding hydrogens is 396 g/mol. The van der Waals surface area contributed by atoms with Gasteiger partial charge in [-0.25, -0.2) is 0 Å². The number of aliphatic hydroxyl groups is 1. The molecule has 31 heavy (non-hydrogen) atoms. The molecule has 0 spiro atoms. The molecule has 7 heteroatoms. The van der Waals surface area contributed by atoms with Crippen molar-refractivity contribution >= 4 is 29.0 Å². The van der Waals surface area contributed by atoms with Gasteiger partial charge in [0.15, 0.2) is 11.5 Å². The van der Waals surface area contributed by atoms with Gasteiger partial charge in [-0.3, -0.25) is 19.3 Å². The zero-order valence-electron chi connectivity index (χ0n) is 18.0. The predicted octanol–water partition coefficient (Wildman–Crippen LogP) is 4.17. The number of nitrogens with zero attached hydrogens (tertiary/aromatic N) is 1. The molecule has 2 aromatic rings. The molecule has 1 unspecified atom stereocenters. The number of ketones is 1. The van der Waals surface area contributed by atoms with Gasteiger partial charge in [0, 0.05) is 24.7 Å². The quantitative estimate of drug-likeness (QED) is 0.698. The molecule has 1 aliphatic heterocycles. The molecule has 0 fully saturated rings. The predicted molar refractivity (Wildman–Crippen MR) is 118 cm³/mol. The molecular formula is C24H26N2O5. The van der Waals surface area contributed by atoms with Crippen LogP contribution in [0.25, 0.3) is 0 Å². The zero-order valence-corrected chi connectivity index (χ0v) is 18.0. The van der Waals surface area contributed by atoms with Gasteiger partial charge in [-0.05, 0) is 41.8 Å². The number of hydrogen-bond acceptors (Lipinski definition) is 5. The zero-order chi connectivity index (χ0) is 22.7. The fraction of sp³-hybridized carbons (Fsp3) is 0.292. The van der Waals surface area contributed by atoms with E-state index < -0.39 is 17.7 Å². The minimum Gasteiger partial charge on any atom is -0.503 e. The molecule has 0 bridgehead atoms.